The average Bonchev–Trinajstić information content (AvgIpc) is 2.77. The number of aliphatic hydroxyl groups excluding tert-OH is 1. The number of aryl methyl sites for hydroxylation is 2. The molecule has 0 aliphatic heterocycles. The van der Waals surface area contributed by atoms with E-state index >= 15 is 0 Å². The minimum absolute atomic E-state index is 0.373. The lowest BCUT2D eigenvalue weighted by atomic mass is 10.0. The van der Waals surface area contributed by atoms with Crippen molar-refractivity contribution in [2.75, 3.05) is 0 Å². The Labute approximate surface area is 107 Å². The number of rotatable bonds is 4. The van der Waals surface area contributed by atoms with E-state index in [2.05, 4.69) is 38.1 Å². The summed E-state index contributed by atoms with van der Waals surface area (Å²) >= 11 is 1.71. The van der Waals surface area contributed by atoms with Crippen LogP contribution in [0.1, 0.15) is 33.9 Å². The first kappa shape index (κ1) is 12.3. The van der Waals surface area contributed by atoms with Gasteiger partial charge in [0.25, 0.3) is 0 Å². The van der Waals surface area contributed by atoms with Gasteiger partial charge < -0.3 is 5.11 Å². The van der Waals surface area contributed by atoms with Crippen molar-refractivity contribution in [3.8, 4) is 0 Å². The highest BCUT2D eigenvalue weighted by molar-refractivity contribution is 7.12. The molecule has 0 amide bonds. The molecule has 17 heavy (non-hydrogen) atoms. The lowest BCUT2D eigenvalue weighted by Crippen LogP contribution is -1.99. The highest BCUT2D eigenvalue weighted by Gasteiger charge is 2.11. The number of thiophene rings is 1. The van der Waals surface area contributed by atoms with Gasteiger partial charge in [0.15, 0.2) is 0 Å². The lowest BCUT2D eigenvalue weighted by Gasteiger charge is -2.09. The summed E-state index contributed by atoms with van der Waals surface area (Å²) in [5.74, 6) is 0. The number of hydrogen-bond donors (Lipinski definition) is 1. The van der Waals surface area contributed by atoms with Crippen LogP contribution in [0.25, 0.3) is 0 Å². The van der Waals surface area contributed by atoms with Crippen molar-refractivity contribution < 1.29 is 5.11 Å². The van der Waals surface area contributed by atoms with E-state index in [1.54, 1.807) is 11.3 Å². The molecule has 1 heterocycles. The van der Waals surface area contributed by atoms with E-state index in [9.17, 15) is 5.11 Å². The van der Waals surface area contributed by atoms with Crippen molar-refractivity contribution in [2.24, 2.45) is 0 Å². The van der Waals surface area contributed by atoms with E-state index in [1.165, 1.54) is 16.0 Å². The van der Waals surface area contributed by atoms with Gasteiger partial charge >= 0.3 is 0 Å². The Morgan fingerprint density at radius 2 is 2.06 bits per heavy atom. The Bertz CT molecular complexity index is 487. The van der Waals surface area contributed by atoms with Gasteiger partial charge in [-0.1, -0.05) is 36.8 Å². The Hall–Kier alpha value is -1.12. The predicted molar refractivity (Wildman–Crippen MR) is 73.5 cm³/mol. The van der Waals surface area contributed by atoms with Crippen LogP contribution in [0.4, 0.5) is 0 Å². The van der Waals surface area contributed by atoms with Crippen molar-refractivity contribution in [1.29, 1.82) is 0 Å². The van der Waals surface area contributed by atoms with E-state index in [0.717, 1.165) is 11.3 Å². The van der Waals surface area contributed by atoms with Crippen LogP contribution in [0.2, 0.25) is 0 Å². The van der Waals surface area contributed by atoms with Crippen LogP contribution < -0.4 is 0 Å². The molecule has 0 aliphatic rings. The van der Waals surface area contributed by atoms with E-state index in [1.807, 2.05) is 12.1 Å². The van der Waals surface area contributed by atoms with E-state index in [-0.39, 0.29) is 6.10 Å². The van der Waals surface area contributed by atoms with Gasteiger partial charge in [0, 0.05) is 16.2 Å². The molecule has 1 aromatic carbocycles. The molecule has 0 fully saturated rings. The first-order chi connectivity index (χ1) is 8.19. The largest absolute Gasteiger partial charge is 0.387 e. The van der Waals surface area contributed by atoms with Crippen molar-refractivity contribution in [3.63, 3.8) is 0 Å². The van der Waals surface area contributed by atoms with Crippen LogP contribution in [0.5, 0.6) is 0 Å². The fourth-order valence-corrected chi connectivity index (χ4v) is 2.87. The number of hydrogen-bond acceptors (Lipinski definition) is 2. The fraction of sp³-hybridized carbons (Fsp3) is 0.333. The monoisotopic (exact) mass is 246 g/mol. The molecule has 2 rings (SSSR count). The SMILES string of the molecule is CCc1ccc(C(O)Cc2cccc(C)c2)s1. The number of aliphatic hydroxyl groups is 1. The normalized spacial score (nSPS) is 12.6. The predicted octanol–water partition coefficient (Wildman–Crippen LogP) is 3.90. The first-order valence-corrected chi connectivity index (χ1v) is 6.83. The highest BCUT2D eigenvalue weighted by atomic mass is 32.1. The van der Waals surface area contributed by atoms with Crippen LogP contribution in [-0.4, -0.2) is 5.11 Å². The molecule has 2 aromatic rings. The molecule has 0 spiro atoms. The molecule has 1 aromatic heterocycles. The molecular weight excluding hydrogens is 228 g/mol. The molecule has 1 atom stereocenters. The minimum Gasteiger partial charge on any atom is -0.387 e. The van der Waals surface area contributed by atoms with Crippen LogP contribution >= 0.6 is 11.3 Å². The highest BCUT2D eigenvalue weighted by Crippen LogP contribution is 2.26. The van der Waals surface area contributed by atoms with Gasteiger partial charge in [0.1, 0.15) is 0 Å². The summed E-state index contributed by atoms with van der Waals surface area (Å²) in [6.07, 6.45) is 1.37. The van der Waals surface area contributed by atoms with Crippen molar-refractivity contribution in [3.05, 3.63) is 57.3 Å². The quantitative estimate of drug-likeness (QED) is 0.867. The van der Waals surface area contributed by atoms with Gasteiger partial charge in [-0.05, 0) is 31.0 Å². The zero-order valence-electron chi connectivity index (χ0n) is 10.3. The fourth-order valence-electron chi connectivity index (χ4n) is 1.93. The molecule has 2 heteroatoms. The van der Waals surface area contributed by atoms with Crippen LogP contribution in [0.3, 0.4) is 0 Å². The standard InChI is InChI=1S/C15H18OS/c1-3-13-7-8-15(17-13)14(16)10-12-6-4-5-11(2)9-12/h4-9,14,16H,3,10H2,1-2H3. The Morgan fingerprint density at radius 1 is 1.24 bits per heavy atom. The summed E-state index contributed by atoms with van der Waals surface area (Å²) in [5, 5.41) is 10.2. The maximum Gasteiger partial charge on any atom is 0.0922 e. The Kier molecular flexibility index (Phi) is 3.97. The van der Waals surface area contributed by atoms with Crippen molar-refractivity contribution in [2.45, 2.75) is 32.8 Å². The summed E-state index contributed by atoms with van der Waals surface area (Å²) < 4.78 is 0. The maximum absolute atomic E-state index is 10.2. The van der Waals surface area contributed by atoms with Crippen molar-refractivity contribution in [1.82, 2.24) is 0 Å². The van der Waals surface area contributed by atoms with E-state index < -0.39 is 0 Å². The third-order valence-corrected chi connectivity index (χ3v) is 4.20. The second-order valence-electron chi connectivity index (χ2n) is 4.37. The molecule has 0 bridgehead atoms. The average molecular weight is 246 g/mol. The van der Waals surface area contributed by atoms with Gasteiger partial charge in [0.2, 0.25) is 0 Å². The zero-order valence-corrected chi connectivity index (χ0v) is 11.1. The van der Waals surface area contributed by atoms with Crippen LogP contribution in [0.15, 0.2) is 36.4 Å². The molecule has 0 radical (unpaired) electrons. The van der Waals surface area contributed by atoms with Gasteiger partial charge in [-0.15, -0.1) is 11.3 Å². The molecular formula is C15H18OS. The zero-order chi connectivity index (χ0) is 12.3. The minimum atomic E-state index is -0.373. The van der Waals surface area contributed by atoms with Crippen LogP contribution in [-0.2, 0) is 12.8 Å². The second kappa shape index (κ2) is 5.48. The summed E-state index contributed by atoms with van der Waals surface area (Å²) in [6.45, 7) is 4.22. The van der Waals surface area contributed by atoms with Crippen LogP contribution in [0, 0.1) is 6.92 Å². The molecule has 1 N–H and O–H groups in total. The van der Waals surface area contributed by atoms with Gasteiger partial charge in [-0.25, -0.2) is 0 Å². The molecule has 0 aliphatic carbocycles. The summed E-state index contributed by atoms with van der Waals surface area (Å²) in [5.41, 5.74) is 2.44. The third kappa shape index (κ3) is 3.18. The molecule has 1 unspecified atom stereocenters. The molecule has 90 valence electrons. The van der Waals surface area contributed by atoms with Gasteiger partial charge in [-0.2, -0.15) is 0 Å². The summed E-state index contributed by atoms with van der Waals surface area (Å²) in [7, 11) is 0. The van der Waals surface area contributed by atoms with E-state index in [0.29, 0.717) is 6.42 Å². The van der Waals surface area contributed by atoms with Gasteiger partial charge in [-0.3, -0.25) is 0 Å². The molecule has 0 saturated carbocycles. The topological polar surface area (TPSA) is 20.2 Å². The van der Waals surface area contributed by atoms with E-state index in [4.69, 9.17) is 0 Å². The number of benzene rings is 1. The molecule has 0 saturated heterocycles. The molecule has 1 nitrogen and oxygen atoms in total. The third-order valence-electron chi connectivity index (χ3n) is 2.87. The first-order valence-electron chi connectivity index (χ1n) is 6.01. The van der Waals surface area contributed by atoms with Gasteiger partial charge in [0.05, 0.1) is 6.10 Å². The maximum atomic E-state index is 10.2. The summed E-state index contributed by atoms with van der Waals surface area (Å²) in [4.78, 5) is 2.41. The Balaban J connectivity index is 2.08. The smallest absolute Gasteiger partial charge is 0.0922 e. The lowest BCUT2D eigenvalue weighted by molar-refractivity contribution is 0.182. The summed E-state index contributed by atoms with van der Waals surface area (Å²) in [6, 6.07) is 12.5. The second-order valence-corrected chi connectivity index (χ2v) is 5.57. The Morgan fingerprint density at radius 3 is 2.71 bits per heavy atom. The van der Waals surface area contributed by atoms with Crippen molar-refractivity contribution >= 4 is 11.3 Å².